The van der Waals surface area contributed by atoms with Crippen LogP contribution >= 0.6 is 0 Å². The van der Waals surface area contributed by atoms with Crippen LogP contribution in [-0.2, 0) is 11.7 Å². The number of likely N-dealkylation sites (N-methyl/N-ethyl adjacent to an activating group) is 1. The Labute approximate surface area is 134 Å². The molecule has 1 unspecified atom stereocenters. The van der Waals surface area contributed by atoms with E-state index >= 15 is 0 Å². The summed E-state index contributed by atoms with van der Waals surface area (Å²) in [6, 6.07) is -0.142. The van der Waals surface area contributed by atoms with E-state index in [0.29, 0.717) is 20.3 Å². The quantitative estimate of drug-likeness (QED) is 0.349. The second kappa shape index (κ2) is 5.90. The lowest BCUT2D eigenvalue weighted by atomic mass is 9.84. The molecule has 1 aromatic heterocycles. The zero-order chi connectivity index (χ0) is 16.6. The molecule has 2 aliphatic rings. The first kappa shape index (κ1) is 15.3. The highest BCUT2D eigenvalue weighted by molar-refractivity contribution is 6.29. The molecule has 3 rings (SSSR count). The maximum absolute atomic E-state index is 12.4. The number of carbonyl (C=O) groups is 1. The van der Waals surface area contributed by atoms with Crippen LogP contribution in [0.3, 0.4) is 0 Å². The lowest BCUT2D eigenvalue weighted by molar-refractivity contribution is 0.193. The van der Waals surface area contributed by atoms with Gasteiger partial charge in [0.25, 0.3) is 0 Å². The molecule has 1 saturated heterocycles. The molecular weight excluding hydrogens is 297 g/mol. The van der Waals surface area contributed by atoms with Crippen molar-refractivity contribution in [2.24, 2.45) is 7.05 Å². The van der Waals surface area contributed by atoms with Crippen LogP contribution in [0.1, 0.15) is 5.56 Å². The summed E-state index contributed by atoms with van der Waals surface area (Å²) < 4.78 is 6.42. The number of amides is 2. The number of rotatable bonds is 5. The van der Waals surface area contributed by atoms with Gasteiger partial charge < -0.3 is 19.0 Å². The normalized spacial score (nSPS) is 22.9. The Morgan fingerprint density at radius 1 is 1.48 bits per heavy atom. The van der Waals surface area contributed by atoms with E-state index in [9.17, 15) is 9.59 Å². The van der Waals surface area contributed by atoms with Crippen molar-refractivity contribution in [3.05, 3.63) is 34.5 Å². The SMILES string of the molecule is CN1C(=O)N2CC1C(c1cnc(=O)n(C)c1)=C[C@H]2CBOC=N. The Kier molecular flexibility index (Phi) is 3.93. The highest BCUT2D eigenvalue weighted by Crippen LogP contribution is 2.34. The van der Waals surface area contributed by atoms with Gasteiger partial charge in [-0.2, -0.15) is 0 Å². The van der Waals surface area contributed by atoms with Crippen LogP contribution in [0.4, 0.5) is 4.79 Å². The molecule has 1 aromatic rings. The van der Waals surface area contributed by atoms with Gasteiger partial charge in [-0.05, 0) is 11.9 Å². The Hall–Kier alpha value is -2.58. The first-order valence-corrected chi connectivity index (χ1v) is 7.41. The van der Waals surface area contributed by atoms with Gasteiger partial charge in [0.15, 0.2) is 0 Å². The number of aryl methyl sites for hydroxylation is 1. The smallest absolute Gasteiger partial charge is 0.347 e. The molecule has 8 nitrogen and oxygen atoms in total. The van der Waals surface area contributed by atoms with Crippen LogP contribution in [0.25, 0.3) is 5.57 Å². The molecule has 0 saturated carbocycles. The van der Waals surface area contributed by atoms with Crippen LogP contribution in [-0.4, -0.2) is 64.9 Å². The first-order chi connectivity index (χ1) is 11.0. The predicted octanol–water partition coefficient (Wildman–Crippen LogP) is -0.325. The van der Waals surface area contributed by atoms with Crippen molar-refractivity contribution in [1.82, 2.24) is 19.4 Å². The van der Waals surface area contributed by atoms with Gasteiger partial charge in [-0.3, -0.25) is 5.41 Å². The number of nitrogens with zero attached hydrogens (tertiary/aromatic N) is 4. The van der Waals surface area contributed by atoms with E-state index in [0.717, 1.165) is 17.5 Å². The van der Waals surface area contributed by atoms with Crippen molar-refractivity contribution in [2.45, 2.75) is 18.4 Å². The molecule has 2 aliphatic heterocycles. The molecule has 1 N–H and O–H groups in total. The number of hydrogen-bond donors (Lipinski definition) is 1. The van der Waals surface area contributed by atoms with E-state index in [1.807, 2.05) is 11.0 Å². The molecule has 0 aromatic carbocycles. The van der Waals surface area contributed by atoms with Crippen molar-refractivity contribution in [2.75, 3.05) is 13.6 Å². The van der Waals surface area contributed by atoms with Gasteiger partial charge in [-0.25, -0.2) is 14.6 Å². The third-order valence-electron chi connectivity index (χ3n) is 4.41. The van der Waals surface area contributed by atoms with Gasteiger partial charge in [-0.15, -0.1) is 0 Å². The Morgan fingerprint density at radius 3 is 2.96 bits per heavy atom. The second-order valence-electron chi connectivity index (χ2n) is 5.76. The molecule has 120 valence electrons. The summed E-state index contributed by atoms with van der Waals surface area (Å²) in [5.74, 6) is 0. The molecule has 0 radical (unpaired) electrons. The minimum atomic E-state index is -0.307. The highest BCUT2D eigenvalue weighted by atomic mass is 16.4. The monoisotopic (exact) mass is 315 g/mol. The molecule has 2 atom stereocenters. The average Bonchev–Trinajstić information content (AvgIpc) is 2.79. The first-order valence-electron chi connectivity index (χ1n) is 7.41. The van der Waals surface area contributed by atoms with E-state index in [1.165, 1.54) is 4.57 Å². The summed E-state index contributed by atoms with van der Waals surface area (Å²) in [6.07, 6.45) is 6.88. The third kappa shape index (κ3) is 2.62. The van der Waals surface area contributed by atoms with Crippen molar-refractivity contribution in [3.8, 4) is 0 Å². The Morgan fingerprint density at radius 2 is 2.26 bits per heavy atom. The molecule has 9 heteroatoms. The summed E-state index contributed by atoms with van der Waals surface area (Å²) in [4.78, 5) is 31.3. The summed E-state index contributed by atoms with van der Waals surface area (Å²) >= 11 is 0. The van der Waals surface area contributed by atoms with E-state index < -0.39 is 0 Å². The molecule has 0 spiro atoms. The largest absolute Gasteiger partial charge is 0.557 e. The Balaban J connectivity index is 1.96. The number of aromatic nitrogens is 2. The number of fused-ring (bicyclic) bond motifs is 2. The van der Waals surface area contributed by atoms with Crippen molar-refractivity contribution < 1.29 is 9.45 Å². The number of hydrogen-bond acceptors (Lipinski definition) is 5. The number of nitrogens with one attached hydrogen (secondary N) is 1. The fourth-order valence-electron chi connectivity index (χ4n) is 3.15. The molecular formula is C14H18BN5O3. The van der Waals surface area contributed by atoms with Gasteiger partial charge in [0, 0.05) is 44.6 Å². The van der Waals surface area contributed by atoms with Gasteiger partial charge in [0.05, 0.1) is 6.04 Å². The second-order valence-corrected chi connectivity index (χ2v) is 5.76. The van der Waals surface area contributed by atoms with Crippen molar-refractivity contribution in [3.63, 3.8) is 0 Å². The average molecular weight is 315 g/mol. The van der Waals surface area contributed by atoms with Crippen LogP contribution in [0.15, 0.2) is 23.3 Å². The Bertz CT molecular complexity index is 731. The van der Waals surface area contributed by atoms with Crippen LogP contribution < -0.4 is 5.69 Å². The molecule has 3 heterocycles. The minimum absolute atomic E-state index is 0.0149. The van der Waals surface area contributed by atoms with E-state index in [-0.39, 0.29) is 23.8 Å². The van der Waals surface area contributed by atoms with Crippen LogP contribution in [0.5, 0.6) is 0 Å². The fourth-order valence-corrected chi connectivity index (χ4v) is 3.15. The van der Waals surface area contributed by atoms with Crippen molar-refractivity contribution in [1.29, 1.82) is 5.41 Å². The summed E-state index contributed by atoms with van der Waals surface area (Å²) in [6.45, 7) is 0.610. The van der Waals surface area contributed by atoms with E-state index in [4.69, 9.17) is 10.1 Å². The van der Waals surface area contributed by atoms with E-state index in [2.05, 4.69) is 4.98 Å². The summed E-state index contributed by atoms with van der Waals surface area (Å²) in [5.41, 5.74) is 1.53. The molecule has 23 heavy (non-hydrogen) atoms. The maximum Gasteiger partial charge on any atom is 0.347 e. The van der Waals surface area contributed by atoms with Crippen molar-refractivity contribution >= 4 is 25.5 Å². The predicted molar refractivity (Wildman–Crippen MR) is 86.7 cm³/mol. The van der Waals surface area contributed by atoms with Gasteiger partial charge in [0.1, 0.15) is 6.40 Å². The highest BCUT2D eigenvalue weighted by Gasteiger charge is 2.43. The summed E-state index contributed by atoms with van der Waals surface area (Å²) in [5, 5.41) is 6.92. The lowest BCUT2D eigenvalue weighted by Gasteiger charge is -2.29. The number of carbonyl (C=O) groups excluding carboxylic acids is 1. The summed E-state index contributed by atoms with van der Waals surface area (Å²) in [7, 11) is 3.82. The number of urea groups is 1. The molecule has 2 amide bonds. The van der Waals surface area contributed by atoms with Gasteiger partial charge >= 0.3 is 19.2 Å². The lowest BCUT2D eigenvalue weighted by Crippen LogP contribution is -2.39. The van der Waals surface area contributed by atoms with Crippen LogP contribution in [0.2, 0.25) is 6.32 Å². The molecule has 2 bridgehead atoms. The fraction of sp³-hybridized carbons (Fsp3) is 0.429. The third-order valence-corrected chi connectivity index (χ3v) is 4.41. The zero-order valence-electron chi connectivity index (χ0n) is 13.1. The van der Waals surface area contributed by atoms with Crippen LogP contribution in [0, 0.1) is 5.41 Å². The molecule has 1 fully saturated rings. The maximum atomic E-state index is 12.4. The topological polar surface area (TPSA) is 91.5 Å². The zero-order valence-corrected chi connectivity index (χ0v) is 13.1. The minimum Gasteiger partial charge on any atom is -0.557 e. The molecule has 0 aliphatic carbocycles. The van der Waals surface area contributed by atoms with E-state index in [1.54, 1.807) is 31.4 Å². The van der Waals surface area contributed by atoms with Gasteiger partial charge in [-0.1, -0.05) is 6.08 Å². The standard InChI is InChI=1S/C14H18BN5O3/c1-18-6-9(5-17-13(18)21)11-3-10(4-15-23-8-16)20-7-12(11)19(2)14(20)22/h3,5-6,8,10,12,15-16H,4,7H2,1-2H3/t10-,12?/m0/s1. The van der Waals surface area contributed by atoms with Gasteiger partial charge in [0.2, 0.25) is 0 Å².